The zero-order valence-corrected chi connectivity index (χ0v) is 17.7. The highest BCUT2D eigenvalue weighted by molar-refractivity contribution is 5.82. The van der Waals surface area contributed by atoms with E-state index in [0.29, 0.717) is 32.7 Å². The lowest BCUT2D eigenvalue weighted by atomic mass is 10.1. The molecule has 2 aliphatic rings. The Morgan fingerprint density at radius 1 is 1.07 bits per heavy atom. The number of amides is 2. The van der Waals surface area contributed by atoms with Crippen LogP contribution in [0.5, 0.6) is 0 Å². The van der Waals surface area contributed by atoms with Gasteiger partial charge in [0.15, 0.2) is 0 Å². The molecule has 2 amide bonds. The highest BCUT2D eigenvalue weighted by Gasteiger charge is 2.30. The Morgan fingerprint density at radius 3 is 2.45 bits per heavy atom. The second-order valence-electron chi connectivity index (χ2n) is 7.91. The minimum absolute atomic E-state index is 0.00423. The summed E-state index contributed by atoms with van der Waals surface area (Å²) in [5.41, 5.74) is 0. The van der Waals surface area contributed by atoms with Crippen molar-refractivity contribution in [3.05, 3.63) is 0 Å². The maximum Gasteiger partial charge on any atom is 0.239 e. The molecule has 3 N–H and O–H groups in total. The molecule has 168 valence electrons. The molecule has 2 heterocycles. The maximum atomic E-state index is 12.9. The van der Waals surface area contributed by atoms with Crippen molar-refractivity contribution in [2.75, 3.05) is 53.0 Å². The molecule has 0 aromatic carbocycles. The molecule has 0 unspecified atom stereocenters. The van der Waals surface area contributed by atoms with Gasteiger partial charge in [-0.25, -0.2) is 0 Å². The van der Waals surface area contributed by atoms with Gasteiger partial charge in [0.1, 0.15) is 18.3 Å². The second kappa shape index (κ2) is 12.4. The number of aliphatic hydroxyl groups excluding tert-OH is 2. The fourth-order valence-electron chi connectivity index (χ4n) is 3.87. The predicted molar refractivity (Wildman–Crippen MR) is 107 cm³/mol. The first-order valence-corrected chi connectivity index (χ1v) is 10.7. The molecule has 0 aromatic heterocycles. The lowest BCUT2D eigenvalue weighted by Crippen LogP contribution is -2.49. The molecule has 0 bridgehead atoms. The summed E-state index contributed by atoms with van der Waals surface area (Å²) in [6, 6.07) is -0.111. The Morgan fingerprint density at radius 2 is 1.79 bits per heavy atom. The summed E-state index contributed by atoms with van der Waals surface area (Å²) >= 11 is 0. The molecular weight excluding hydrogens is 378 g/mol. The minimum Gasteiger partial charge on any atom is -0.388 e. The van der Waals surface area contributed by atoms with Crippen molar-refractivity contribution in [2.24, 2.45) is 0 Å². The van der Waals surface area contributed by atoms with Crippen LogP contribution in [-0.2, 0) is 19.1 Å². The van der Waals surface area contributed by atoms with E-state index in [4.69, 9.17) is 9.47 Å². The number of hydrogen-bond acceptors (Lipinski definition) is 7. The molecule has 0 aliphatic carbocycles. The van der Waals surface area contributed by atoms with Crippen LogP contribution in [-0.4, -0.2) is 109 Å². The van der Waals surface area contributed by atoms with Gasteiger partial charge < -0.3 is 34.8 Å². The smallest absolute Gasteiger partial charge is 0.239 e. The number of nitrogens with zero attached hydrogens (tertiary/aromatic N) is 2. The van der Waals surface area contributed by atoms with Crippen molar-refractivity contribution in [3.8, 4) is 0 Å². The van der Waals surface area contributed by atoms with Gasteiger partial charge >= 0.3 is 0 Å². The van der Waals surface area contributed by atoms with Crippen LogP contribution in [0.1, 0.15) is 39.0 Å². The molecule has 0 radical (unpaired) electrons. The molecule has 2 saturated heterocycles. The lowest BCUT2D eigenvalue weighted by Gasteiger charge is -2.31. The van der Waals surface area contributed by atoms with Crippen LogP contribution in [0.4, 0.5) is 0 Å². The molecule has 2 fully saturated rings. The van der Waals surface area contributed by atoms with Gasteiger partial charge in [-0.3, -0.25) is 9.59 Å². The number of rotatable bonds is 2. The topological polar surface area (TPSA) is 112 Å². The number of nitrogens with one attached hydrogen (secondary N) is 1. The van der Waals surface area contributed by atoms with Gasteiger partial charge in [0.05, 0.1) is 12.6 Å². The van der Waals surface area contributed by atoms with Crippen LogP contribution in [0.3, 0.4) is 0 Å². The van der Waals surface area contributed by atoms with Crippen LogP contribution in [0.2, 0.25) is 0 Å². The van der Waals surface area contributed by atoms with Crippen molar-refractivity contribution < 1.29 is 29.3 Å². The summed E-state index contributed by atoms with van der Waals surface area (Å²) in [7, 11) is 1.45. The third kappa shape index (κ3) is 7.49. The second-order valence-corrected chi connectivity index (χ2v) is 7.91. The molecule has 0 saturated carbocycles. The Balaban J connectivity index is 2.05. The van der Waals surface area contributed by atoms with Gasteiger partial charge in [-0.1, -0.05) is 0 Å². The summed E-state index contributed by atoms with van der Waals surface area (Å²) in [4.78, 5) is 28.4. The summed E-state index contributed by atoms with van der Waals surface area (Å²) < 4.78 is 10.8. The van der Waals surface area contributed by atoms with Crippen LogP contribution >= 0.6 is 0 Å². The third-order valence-electron chi connectivity index (χ3n) is 5.71. The van der Waals surface area contributed by atoms with Crippen molar-refractivity contribution in [2.45, 2.75) is 63.4 Å². The normalized spacial score (nSPS) is 31.2. The van der Waals surface area contributed by atoms with E-state index in [1.807, 2.05) is 4.90 Å². The minimum atomic E-state index is -1.15. The van der Waals surface area contributed by atoms with E-state index in [2.05, 4.69) is 5.32 Å². The van der Waals surface area contributed by atoms with E-state index >= 15 is 0 Å². The first kappa shape index (κ1) is 24.0. The zero-order valence-electron chi connectivity index (χ0n) is 17.7. The fourth-order valence-corrected chi connectivity index (χ4v) is 3.87. The number of carbonyl (C=O) groups is 2. The maximum absolute atomic E-state index is 12.9. The van der Waals surface area contributed by atoms with E-state index in [0.717, 1.165) is 32.2 Å². The van der Waals surface area contributed by atoms with Crippen LogP contribution in [0.25, 0.3) is 0 Å². The van der Waals surface area contributed by atoms with Gasteiger partial charge in [-0.05, 0) is 38.6 Å². The Kier molecular flexibility index (Phi) is 10.3. The Labute approximate surface area is 173 Å². The number of ether oxygens (including phenoxy) is 2. The summed E-state index contributed by atoms with van der Waals surface area (Å²) in [6.07, 6.45) is 1.12. The van der Waals surface area contributed by atoms with Gasteiger partial charge in [-0.2, -0.15) is 0 Å². The monoisotopic (exact) mass is 415 g/mol. The molecular formula is C20H37N3O6. The number of methoxy groups -OCH3 is 1. The van der Waals surface area contributed by atoms with Crippen LogP contribution < -0.4 is 5.32 Å². The lowest BCUT2D eigenvalue weighted by molar-refractivity contribution is -0.136. The molecule has 29 heavy (non-hydrogen) atoms. The van der Waals surface area contributed by atoms with Crippen LogP contribution in [0, 0.1) is 0 Å². The highest BCUT2D eigenvalue weighted by Crippen LogP contribution is 2.13. The van der Waals surface area contributed by atoms with Gasteiger partial charge in [0, 0.05) is 46.8 Å². The fraction of sp³-hybridized carbons (Fsp3) is 0.900. The van der Waals surface area contributed by atoms with E-state index in [-0.39, 0.29) is 31.0 Å². The Bertz CT molecular complexity index is 514. The average Bonchev–Trinajstić information content (AvgIpc) is 3.24. The molecule has 2 rings (SSSR count). The molecule has 0 aromatic rings. The average molecular weight is 416 g/mol. The predicted octanol–water partition coefficient (Wildman–Crippen LogP) is -0.647. The van der Waals surface area contributed by atoms with E-state index < -0.39 is 18.3 Å². The van der Waals surface area contributed by atoms with E-state index in [1.54, 1.807) is 4.90 Å². The molecule has 2 aliphatic heterocycles. The van der Waals surface area contributed by atoms with Gasteiger partial charge in [-0.15, -0.1) is 0 Å². The molecule has 9 heteroatoms. The third-order valence-corrected chi connectivity index (χ3v) is 5.71. The first-order valence-electron chi connectivity index (χ1n) is 10.7. The van der Waals surface area contributed by atoms with Crippen molar-refractivity contribution in [1.29, 1.82) is 0 Å². The summed E-state index contributed by atoms with van der Waals surface area (Å²) in [5, 5.41) is 23.8. The molecule has 9 nitrogen and oxygen atoms in total. The van der Waals surface area contributed by atoms with Crippen molar-refractivity contribution >= 4 is 11.8 Å². The zero-order chi connectivity index (χ0) is 21.2. The van der Waals surface area contributed by atoms with E-state index in [9.17, 15) is 19.8 Å². The van der Waals surface area contributed by atoms with E-state index in [1.165, 1.54) is 14.0 Å². The quantitative estimate of drug-likeness (QED) is 0.550. The highest BCUT2D eigenvalue weighted by atomic mass is 16.5. The summed E-state index contributed by atoms with van der Waals surface area (Å²) in [6.45, 7) is 4.63. The number of carbonyl (C=O) groups excluding carboxylic acids is 2. The SMILES string of the molecule is CO[C@H]1CN(C(C)=O)CCCN(C(=O)[C@@H]2CCCN2)CCCCOC[C@H](O)[C@@H]1O. The van der Waals surface area contributed by atoms with Gasteiger partial charge in [0.2, 0.25) is 11.8 Å². The molecule has 0 spiro atoms. The number of aliphatic hydroxyl groups is 2. The Hall–Kier alpha value is -1.26. The first-order chi connectivity index (χ1) is 13.9. The number of hydrogen-bond donors (Lipinski definition) is 3. The van der Waals surface area contributed by atoms with Crippen molar-refractivity contribution in [3.63, 3.8) is 0 Å². The molecule has 4 atom stereocenters. The van der Waals surface area contributed by atoms with Gasteiger partial charge in [0.25, 0.3) is 0 Å². The standard InChI is InChI=1S/C20H37N3O6/c1-15(24)23-11-6-10-22(20(27)16-7-5-8-21-16)9-3-4-12-29-14-17(25)19(26)18(13-23)28-2/h16-19,21,25-26H,3-14H2,1-2H3/t16-,17-,18-,19-/m0/s1. The van der Waals surface area contributed by atoms with Crippen LogP contribution in [0.15, 0.2) is 0 Å². The summed E-state index contributed by atoms with van der Waals surface area (Å²) in [5.74, 6) is -0.00707. The van der Waals surface area contributed by atoms with Crippen molar-refractivity contribution in [1.82, 2.24) is 15.1 Å². The largest absolute Gasteiger partial charge is 0.388 e.